The summed E-state index contributed by atoms with van der Waals surface area (Å²) in [5.74, 6) is 0.400. The van der Waals surface area contributed by atoms with Gasteiger partial charge in [-0.2, -0.15) is 0 Å². The summed E-state index contributed by atoms with van der Waals surface area (Å²) in [6, 6.07) is 6.48. The summed E-state index contributed by atoms with van der Waals surface area (Å²) in [7, 11) is 0. The fourth-order valence-corrected chi connectivity index (χ4v) is 1.03. The van der Waals surface area contributed by atoms with Crippen molar-refractivity contribution in [3.8, 4) is 0 Å². The summed E-state index contributed by atoms with van der Waals surface area (Å²) in [6.45, 7) is 8.08. The van der Waals surface area contributed by atoms with Crippen LogP contribution in [0.15, 0.2) is 24.3 Å². The summed E-state index contributed by atoms with van der Waals surface area (Å²) in [5.41, 5.74) is 1.19. The molecule has 1 aromatic rings. The summed E-state index contributed by atoms with van der Waals surface area (Å²) in [6.07, 6.45) is -2.36. The standard InChI is InChI=1S/C10H12F2.C2H6/c1-7(2)8-3-5-9(6-4-8)10(11)12;1-2/h3-7,10H,1-2H3;1-2H3. The molecule has 0 amide bonds. The number of hydrogen-bond acceptors (Lipinski definition) is 0. The van der Waals surface area contributed by atoms with E-state index in [-0.39, 0.29) is 5.56 Å². The molecule has 0 heterocycles. The van der Waals surface area contributed by atoms with Crippen molar-refractivity contribution in [1.82, 2.24) is 0 Å². The minimum Gasteiger partial charge on any atom is -0.205 e. The molecule has 0 bridgehead atoms. The maximum absolute atomic E-state index is 12.1. The smallest absolute Gasteiger partial charge is 0.205 e. The second-order valence-corrected chi connectivity index (χ2v) is 3.12. The van der Waals surface area contributed by atoms with Gasteiger partial charge in [0.15, 0.2) is 0 Å². The highest BCUT2D eigenvalue weighted by Gasteiger charge is 2.06. The van der Waals surface area contributed by atoms with Gasteiger partial charge in [-0.15, -0.1) is 0 Å². The van der Waals surface area contributed by atoms with Crippen molar-refractivity contribution in [1.29, 1.82) is 0 Å². The van der Waals surface area contributed by atoms with Gasteiger partial charge in [-0.1, -0.05) is 52.0 Å². The quantitative estimate of drug-likeness (QED) is 0.644. The van der Waals surface area contributed by atoms with E-state index < -0.39 is 6.43 Å². The molecule has 0 aliphatic rings. The molecular formula is C12H18F2. The predicted molar refractivity (Wildman–Crippen MR) is 56.8 cm³/mol. The molecule has 0 unspecified atom stereocenters. The second kappa shape index (κ2) is 6.52. The molecule has 1 rings (SSSR count). The van der Waals surface area contributed by atoms with Gasteiger partial charge in [-0.25, -0.2) is 8.78 Å². The normalized spacial score (nSPS) is 10.0. The minimum atomic E-state index is -2.36. The van der Waals surface area contributed by atoms with E-state index in [2.05, 4.69) is 0 Å². The Bertz CT molecular complexity index is 210. The molecule has 80 valence electrons. The fraction of sp³-hybridized carbons (Fsp3) is 0.500. The lowest BCUT2D eigenvalue weighted by molar-refractivity contribution is 0.151. The molecule has 0 atom stereocenters. The monoisotopic (exact) mass is 200 g/mol. The summed E-state index contributed by atoms with van der Waals surface area (Å²) >= 11 is 0. The van der Waals surface area contributed by atoms with Crippen LogP contribution in [-0.2, 0) is 0 Å². The number of hydrogen-bond donors (Lipinski definition) is 0. The van der Waals surface area contributed by atoms with Crippen molar-refractivity contribution in [3.63, 3.8) is 0 Å². The van der Waals surface area contributed by atoms with Gasteiger partial charge >= 0.3 is 0 Å². The van der Waals surface area contributed by atoms with Gasteiger partial charge < -0.3 is 0 Å². The molecule has 0 aliphatic heterocycles. The van der Waals surface area contributed by atoms with Gasteiger partial charge in [0.2, 0.25) is 0 Å². The van der Waals surface area contributed by atoms with Gasteiger partial charge in [-0.05, 0) is 11.5 Å². The Morgan fingerprint density at radius 3 is 1.50 bits per heavy atom. The van der Waals surface area contributed by atoms with Crippen LogP contribution in [0.5, 0.6) is 0 Å². The first-order valence-corrected chi connectivity index (χ1v) is 4.99. The Balaban J connectivity index is 0.000000791. The van der Waals surface area contributed by atoms with E-state index in [9.17, 15) is 8.78 Å². The highest BCUT2D eigenvalue weighted by atomic mass is 19.3. The molecule has 0 saturated heterocycles. The Hall–Kier alpha value is -0.920. The number of alkyl halides is 2. The van der Waals surface area contributed by atoms with E-state index in [0.717, 1.165) is 5.56 Å². The van der Waals surface area contributed by atoms with E-state index in [1.165, 1.54) is 12.1 Å². The van der Waals surface area contributed by atoms with Gasteiger partial charge in [0, 0.05) is 5.56 Å². The average molecular weight is 200 g/mol. The zero-order valence-electron chi connectivity index (χ0n) is 9.22. The molecule has 0 aromatic heterocycles. The van der Waals surface area contributed by atoms with Gasteiger partial charge in [0.05, 0.1) is 0 Å². The summed E-state index contributed by atoms with van der Waals surface area (Å²) in [5, 5.41) is 0. The van der Waals surface area contributed by atoms with E-state index in [0.29, 0.717) is 5.92 Å². The third-order valence-electron chi connectivity index (χ3n) is 1.86. The van der Waals surface area contributed by atoms with Crippen LogP contribution in [0.2, 0.25) is 0 Å². The Morgan fingerprint density at radius 2 is 1.21 bits per heavy atom. The largest absolute Gasteiger partial charge is 0.263 e. The van der Waals surface area contributed by atoms with Crippen molar-refractivity contribution >= 4 is 0 Å². The van der Waals surface area contributed by atoms with E-state index in [1.807, 2.05) is 27.7 Å². The SMILES string of the molecule is CC.CC(C)c1ccc(C(F)F)cc1. The first kappa shape index (κ1) is 13.1. The average Bonchev–Trinajstić information content (AvgIpc) is 2.21. The van der Waals surface area contributed by atoms with Crippen LogP contribution < -0.4 is 0 Å². The molecule has 14 heavy (non-hydrogen) atoms. The molecule has 0 saturated carbocycles. The van der Waals surface area contributed by atoms with Crippen molar-refractivity contribution < 1.29 is 8.78 Å². The highest BCUT2D eigenvalue weighted by molar-refractivity contribution is 5.25. The summed E-state index contributed by atoms with van der Waals surface area (Å²) < 4.78 is 24.2. The highest BCUT2D eigenvalue weighted by Crippen LogP contribution is 2.21. The molecular weight excluding hydrogens is 182 g/mol. The zero-order valence-corrected chi connectivity index (χ0v) is 9.22. The van der Waals surface area contributed by atoms with Crippen LogP contribution in [0.3, 0.4) is 0 Å². The fourth-order valence-electron chi connectivity index (χ4n) is 1.03. The van der Waals surface area contributed by atoms with Crippen LogP contribution in [-0.4, -0.2) is 0 Å². The molecule has 0 N–H and O–H groups in total. The van der Waals surface area contributed by atoms with Crippen molar-refractivity contribution in [3.05, 3.63) is 35.4 Å². The first-order valence-electron chi connectivity index (χ1n) is 4.99. The van der Waals surface area contributed by atoms with Crippen LogP contribution in [0.25, 0.3) is 0 Å². The molecule has 0 spiro atoms. The zero-order chi connectivity index (χ0) is 11.1. The van der Waals surface area contributed by atoms with Gasteiger partial charge in [0.1, 0.15) is 0 Å². The topological polar surface area (TPSA) is 0 Å². The predicted octanol–water partition coefficient (Wildman–Crippen LogP) is 4.77. The van der Waals surface area contributed by atoms with Crippen molar-refractivity contribution in [2.75, 3.05) is 0 Å². The first-order chi connectivity index (χ1) is 6.61. The van der Waals surface area contributed by atoms with E-state index >= 15 is 0 Å². The Kier molecular flexibility index (Phi) is 6.09. The second-order valence-electron chi connectivity index (χ2n) is 3.12. The molecule has 0 aliphatic carbocycles. The van der Waals surface area contributed by atoms with Crippen LogP contribution in [0.4, 0.5) is 8.78 Å². The molecule has 0 nitrogen and oxygen atoms in total. The lowest BCUT2D eigenvalue weighted by Crippen LogP contribution is -1.88. The van der Waals surface area contributed by atoms with Gasteiger partial charge in [-0.3, -0.25) is 0 Å². The third-order valence-corrected chi connectivity index (χ3v) is 1.86. The number of benzene rings is 1. The lowest BCUT2D eigenvalue weighted by Gasteiger charge is -2.05. The van der Waals surface area contributed by atoms with Crippen LogP contribution >= 0.6 is 0 Å². The third kappa shape index (κ3) is 3.86. The van der Waals surface area contributed by atoms with E-state index in [4.69, 9.17) is 0 Å². The molecule has 0 fully saturated rings. The van der Waals surface area contributed by atoms with Crippen molar-refractivity contribution in [2.24, 2.45) is 0 Å². The van der Waals surface area contributed by atoms with Crippen LogP contribution in [0.1, 0.15) is 51.2 Å². The minimum absolute atomic E-state index is 0.0967. The maximum atomic E-state index is 12.1. The maximum Gasteiger partial charge on any atom is 0.263 e. The summed E-state index contributed by atoms with van der Waals surface area (Å²) in [4.78, 5) is 0. The number of rotatable bonds is 2. The van der Waals surface area contributed by atoms with E-state index in [1.54, 1.807) is 12.1 Å². The number of halogens is 2. The molecule has 0 radical (unpaired) electrons. The van der Waals surface area contributed by atoms with Gasteiger partial charge in [0.25, 0.3) is 6.43 Å². The Labute approximate surface area is 85.0 Å². The lowest BCUT2D eigenvalue weighted by atomic mass is 10.0. The van der Waals surface area contributed by atoms with Crippen LogP contribution in [0, 0.1) is 0 Å². The van der Waals surface area contributed by atoms with Crippen molar-refractivity contribution in [2.45, 2.75) is 40.0 Å². The molecule has 1 aromatic carbocycles. The Morgan fingerprint density at radius 1 is 0.857 bits per heavy atom. The molecule has 2 heteroatoms.